The van der Waals surface area contributed by atoms with Crippen molar-refractivity contribution in [2.75, 3.05) is 18.1 Å². The number of hydrogen-bond donors (Lipinski definition) is 1. The van der Waals surface area contributed by atoms with Crippen LogP contribution in [0.15, 0.2) is 91.0 Å². The number of aliphatic carboxylic acids is 1. The van der Waals surface area contributed by atoms with Crippen LogP contribution in [0.2, 0.25) is 0 Å². The number of carboxylic acids is 1. The molecule has 1 unspecified atom stereocenters. The summed E-state index contributed by atoms with van der Waals surface area (Å²) in [6.07, 6.45) is 3.17. The fourth-order valence-electron chi connectivity index (χ4n) is 5.07. The molecule has 4 aromatic carbocycles. The molecule has 5 nitrogen and oxygen atoms in total. The van der Waals surface area contributed by atoms with Gasteiger partial charge in [-0.25, -0.2) is 4.79 Å². The van der Waals surface area contributed by atoms with E-state index in [-0.39, 0.29) is 12.7 Å². The lowest BCUT2D eigenvalue weighted by Crippen LogP contribution is -2.37. The van der Waals surface area contributed by atoms with Crippen molar-refractivity contribution in [2.24, 2.45) is 0 Å². The number of carboxylic acid groups (broad SMARTS) is 1. The van der Waals surface area contributed by atoms with Crippen molar-refractivity contribution in [3.63, 3.8) is 0 Å². The van der Waals surface area contributed by atoms with Crippen LogP contribution in [0.25, 0.3) is 10.8 Å². The standard InChI is InChI=1S/C31H31NO4/c1-22(27-16-7-11-23-10-2-3-15-28(23)27)9-6-14-26-20-32(29-17-4-5-18-30(29)36-26)24-12-8-13-25(19-24)35-21-31(33)34/h2-5,7-8,10-13,15-19,22,26H,6,9,14,20-21H2,1H3,(H,33,34)/t22-,26?/m0/s1. The molecule has 0 amide bonds. The Morgan fingerprint density at radius 2 is 1.81 bits per heavy atom. The van der Waals surface area contributed by atoms with Crippen molar-refractivity contribution in [3.05, 3.63) is 96.6 Å². The molecule has 184 valence electrons. The molecular formula is C31H31NO4. The molecule has 1 aliphatic rings. The molecule has 0 radical (unpaired) electrons. The van der Waals surface area contributed by atoms with Crippen LogP contribution in [0, 0.1) is 0 Å². The van der Waals surface area contributed by atoms with Crippen LogP contribution in [0.4, 0.5) is 11.4 Å². The lowest BCUT2D eigenvalue weighted by Gasteiger charge is -2.36. The first-order chi connectivity index (χ1) is 17.6. The Hall–Kier alpha value is -3.99. The second-order valence-electron chi connectivity index (χ2n) is 9.40. The molecule has 0 saturated heterocycles. The van der Waals surface area contributed by atoms with Gasteiger partial charge in [0.15, 0.2) is 6.61 Å². The minimum absolute atomic E-state index is 0.0585. The summed E-state index contributed by atoms with van der Waals surface area (Å²) < 4.78 is 11.8. The number of anilines is 2. The average molecular weight is 482 g/mol. The molecule has 36 heavy (non-hydrogen) atoms. The molecule has 4 aromatic rings. The Bertz CT molecular complexity index is 1350. The Kier molecular flexibility index (Phi) is 7.08. The van der Waals surface area contributed by atoms with E-state index in [9.17, 15) is 4.79 Å². The van der Waals surface area contributed by atoms with E-state index in [0.29, 0.717) is 11.7 Å². The maximum Gasteiger partial charge on any atom is 0.341 e. The number of fused-ring (bicyclic) bond motifs is 2. The van der Waals surface area contributed by atoms with Crippen molar-refractivity contribution < 1.29 is 19.4 Å². The number of carbonyl (C=O) groups is 1. The zero-order chi connectivity index (χ0) is 24.9. The molecule has 1 heterocycles. The third-order valence-corrected chi connectivity index (χ3v) is 6.85. The van der Waals surface area contributed by atoms with Crippen molar-refractivity contribution in [2.45, 2.75) is 38.2 Å². The van der Waals surface area contributed by atoms with Crippen molar-refractivity contribution in [1.82, 2.24) is 0 Å². The fraction of sp³-hybridized carbons (Fsp3) is 0.258. The van der Waals surface area contributed by atoms with E-state index in [1.54, 1.807) is 6.07 Å². The van der Waals surface area contributed by atoms with Crippen LogP contribution in [0.1, 0.15) is 37.7 Å². The monoisotopic (exact) mass is 481 g/mol. The van der Waals surface area contributed by atoms with E-state index in [0.717, 1.165) is 42.9 Å². The Balaban J connectivity index is 1.28. The summed E-state index contributed by atoms with van der Waals surface area (Å²) in [5.74, 6) is 0.883. The zero-order valence-electron chi connectivity index (χ0n) is 20.5. The van der Waals surface area contributed by atoms with Crippen LogP contribution in [0.3, 0.4) is 0 Å². The zero-order valence-corrected chi connectivity index (χ0v) is 20.5. The van der Waals surface area contributed by atoms with Crippen LogP contribution in [0.5, 0.6) is 11.5 Å². The Labute approximate surface area is 211 Å². The third-order valence-electron chi connectivity index (χ3n) is 6.85. The van der Waals surface area contributed by atoms with Gasteiger partial charge in [0.2, 0.25) is 0 Å². The number of hydrogen-bond acceptors (Lipinski definition) is 4. The fourth-order valence-corrected chi connectivity index (χ4v) is 5.07. The van der Waals surface area contributed by atoms with Gasteiger partial charge in [-0.15, -0.1) is 0 Å². The summed E-state index contributed by atoms with van der Waals surface area (Å²) in [7, 11) is 0. The first-order valence-corrected chi connectivity index (χ1v) is 12.5. The maximum absolute atomic E-state index is 10.9. The number of ether oxygens (including phenoxy) is 2. The van der Waals surface area contributed by atoms with Gasteiger partial charge in [-0.1, -0.05) is 67.6 Å². The number of nitrogens with zero attached hydrogens (tertiary/aromatic N) is 1. The van der Waals surface area contributed by atoms with Crippen molar-refractivity contribution in [3.8, 4) is 11.5 Å². The summed E-state index contributed by atoms with van der Waals surface area (Å²) in [6.45, 7) is 2.68. The van der Waals surface area contributed by atoms with Gasteiger partial charge in [0.05, 0.1) is 12.2 Å². The average Bonchev–Trinajstić information content (AvgIpc) is 2.91. The number of rotatable bonds is 9. The van der Waals surface area contributed by atoms with E-state index in [1.165, 1.54) is 16.3 Å². The second-order valence-corrected chi connectivity index (χ2v) is 9.40. The van der Waals surface area contributed by atoms with Crippen LogP contribution in [-0.2, 0) is 4.79 Å². The van der Waals surface area contributed by atoms with Crippen LogP contribution in [-0.4, -0.2) is 30.3 Å². The topological polar surface area (TPSA) is 59.0 Å². The molecule has 0 bridgehead atoms. The summed E-state index contributed by atoms with van der Waals surface area (Å²) in [4.78, 5) is 13.2. The summed E-state index contributed by atoms with van der Waals surface area (Å²) in [5, 5.41) is 11.6. The van der Waals surface area contributed by atoms with Gasteiger partial charge in [0.25, 0.3) is 0 Å². The van der Waals surface area contributed by atoms with Gasteiger partial charge in [0.1, 0.15) is 17.6 Å². The van der Waals surface area contributed by atoms with E-state index < -0.39 is 5.97 Å². The minimum atomic E-state index is -0.991. The number of para-hydroxylation sites is 2. The van der Waals surface area contributed by atoms with E-state index in [4.69, 9.17) is 14.6 Å². The highest BCUT2D eigenvalue weighted by atomic mass is 16.5. The first-order valence-electron chi connectivity index (χ1n) is 12.5. The maximum atomic E-state index is 10.9. The molecule has 1 aliphatic heterocycles. The van der Waals surface area contributed by atoms with E-state index in [1.807, 2.05) is 36.4 Å². The molecule has 0 fully saturated rings. The minimum Gasteiger partial charge on any atom is -0.486 e. The lowest BCUT2D eigenvalue weighted by atomic mass is 9.90. The van der Waals surface area contributed by atoms with Gasteiger partial charge in [-0.05, 0) is 65.8 Å². The van der Waals surface area contributed by atoms with Crippen LogP contribution < -0.4 is 14.4 Å². The van der Waals surface area contributed by atoms with E-state index in [2.05, 4.69) is 60.4 Å². The lowest BCUT2D eigenvalue weighted by molar-refractivity contribution is -0.139. The van der Waals surface area contributed by atoms with Gasteiger partial charge < -0.3 is 19.5 Å². The summed E-state index contributed by atoms with van der Waals surface area (Å²) in [6, 6.07) is 30.8. The van der Waals surface area contributed by atoms with Gasteiger partial charge >= 0.3 is 5.97 Å². The Morgan fingerprint density at radius 3 is 2.69 bits per heavy atom. The Morgan fingerprint density at radius 1 is 1.03 bits per heavy atom. The number of benzene rings is 4. The highest BCUT2D eigenvalue weighted by Gasteiger charge is 2.27. The third kappa shape index (κ3) is 5.30. The molecular weight excluding hydrogens is 450 g/mol. The smallest absolute Gasteiger partial charge is 0.341 e. The molecule has 0 aliphatic carbocycles. The molecule has 0 spiro atoms. The highest BCUT2D eigenvalue weighted by molar-refractivity contribution is 5.86. The van der Waals surface area contributed by atoms with Gasteiger partial charge in [0, 0.05) is 11.8 Å². The predicted molar refractivity (Wildman–Crippen MR) is 144 cm³/mol. The summed E-state index contributed by atoms with van der Waals surface area (Å²) >= 11 is 0. The first kappa shape index (κ1) is 23.7. The predicted octanol–water partition coefficient (Wildman–Crippen LogP) is 7.18. The molecule has 2 atom stereocenters. The SMILES string of the molecule is C[C@@H](CCCC1CN(c2cccc(OCC(=O)O)c2)c2ccccc2O1)c1cccc2ccccc12. The summed E-state index contributed by atoms with van der Waals surface area (Å²) in [5.41, 5.74) is 3.37. The quantitative estimate of drug-likeness (QED) is 0.274. The van der Waals surface area contributed by atoms with E-state index >= 15 is 0 Å². The molecule has 0 saturated carbocycles. The normalized spacial score (nSPS) is 15.7. The van der Waals surface area contributed by atoms with Crippen molar-refractivity contribution >= 4 is 28.1 Å². The molecule has 5 heteroatoms. The largest absolute Gasteiger partial charge is 0.486 e. The second kappa shape index (κ2) is 10.7. The highest BCUT2D eigenvalue weighted by Crippen LogP contribution is 2.40. The molecule has 5 rings (SSSR count). The van der Waals surface area contributed by atoms with Crippen molar-refractivity contribution in [1.29, 1.82) is 0 Å². The van der Waals surface area contributed by atoms with Gasteiger partial charge in [-0.3, -0.25) is 0 Å². The van der Waals surface area contributed by atoms with Crippen LogP contribution >= 0.6 is 0 Å². The molecule has 1 N–H and O–H groups in total. The van der Waals surface area contributed by atoms with Gasteiger partial charge in [-0.2, -0.15) is 0 Å². The molecule has 0 aromatic heterocycles.